The van der Waals surface area contributed by atoms with Crippen LogP contribution < -0.4 is 10.2 Å². The van der Waals surface area contributed by atoms with Gasteiger partial charge in [0.25, 0.3) is 6.43 Å². The highest BCUT2D eigenvalue weighted by molar-refractivity contribution is 7.98. The Balaban J connectivity index is 1.75. The molecule has 0 fully saturated rings. The van der Waals surface area contributed by atoms with Gasteiger partial charge in [0.2, 0.25) is 0 Å². The minimum absolute atomic E-state index is 0.0291. The van der Waals surface area contributed by atoms with Gasteiger partial charge < -0.3 is 5.32 Å². The summed E-state index contributed by atoms with van der Waals surface area (Å²) in [5, 5.41) is 6.26. The van der Waals surface area contributed by atoms with Crippen LogP contribution in [0.2, 0.25) is 5.15 Å². The zero-order valence-corrected chi connectivity index (χ0v) is 18.1. The van der Waals surface area contributed by atoms with Crippen LogP contribution in [0, 0.1) is 0 Å². The standard InChI is InChI=1S/C19H15ClF5N5OS/c1-18(19(23,24)25)8-29(11-7-26-14-6-13(20)28-30(14)15(11)18)17(31)27-9-3-4-12(32-2)10(5-9)16(21)22/h3-7,16H,8H2,1-2H3,(H,27,31)/t18-/m1/s1. The van der Waals surface area contributed by atoms with Crippen LogP contribution in [0.15, 0.2) is 35.4 Å². The number of thioether (sulfide) groups is 1. The quantitative estimate of drug-likeness (QED) is 0.365. The van der Waals surface area contributed by atoms with Crippen molar-refractivity contribution in [3.63, 3.8) is 0 Å². The fraction of sp³-hybridized carbons (Fsp3) is 0.316. The number of fused-ring (bicyclic) bond motifs is 3. The molecule has 2 amide bonds. The van der Waals surface area contributed by atoms with Crippen LogP contribution in [0.1, 0.15) is 24.6 Å². The molecule has 0 bridgehead atoms. The lowest BCUT2D eigenvalue weighted by atomic mass is 9.88. The minimum atomic E-state index is -4.73. The molecule has 1 aromatic carbocycles. The van der Waals surface area contributed by atoms with E-state index in [9.17, 15) is 26.7 Å². The smallest absolute Gasteiger partial charge is 0.308 e. The van der Waals surface area contributed by atoms with E-state index in [1.54, 1.807) is 6.26 Å². The molecule has 3 aromatic rings. The van der Waals surface area contributed by atoms with Gasteiger partial charge in [0.1, 0.15) is 5.41 Å². The summed E-state index contributed by atoms with van der Waals surface area (Å²) in [7, 11) is 0. The van der Waals surface area contributed by atoms with Crippen LogP contribution in [0.5, 0.6) is 0 Å². The maximum absolute atomic E-state index is 14.1. The molecule has 170 valence electrons. The van der Waals surface area contributed by atoms with E-state index >= 15 is 0 Å². The monoisotopic (exact) mass is 491 g/mol. The number of aromatic nitrogens is 3. The molecule has 0 saturated heterocycles. The average molecular weight is 492 g/mol. The number of carbonyl (C=O) groups excluding carboxylic acids is 1. The second kappa shape index (κ2) is 7.77. The molecule has 1 aliphatic heterocycles. The van der Waals surface area contributed by atoms with Gasteiger partial charge in [-0.1, -0.05) is 11.6 Å². The maximum Gasteiger partial charge on any atom is 0.401 e. The highest BCUT2D eigenvalue weighted by atomic mass is 35.5. The van der Waals surface area contributed by atoms with Crippen molar-refractivity contribution in [2.24, 2.45) is 0 Å². The predicted molar refractivity (Wildman–Crippen MR) is 111 cm³/mol. The summed E-state index contributed by atoms with van der Waals surface area (Å²) in [6.07, 6.45) is -4.74. The van der Waals surface area contributed by atoms with E-state index in [0.29, 0.717) is 4.90 Å². The molecule has 13 heteroatoms. The zero-order valence-electron chi connectivity index (χ0n) is 16.5. The molecule has 2 aromatic heterocycles. The second-order valence-corrected chi connectivity index (χ2v) is 8.57. The van der Waals surface area contributed by atoms with Gasteiger partial charge in [-0.25, -0.2) is 23.1 Å². The van der Waals surface area contributed by atoms with E-state index < -0.39 is 30.6 Å². The van der Waals surface area contributed by atoms with Gasteiger partial charge in [-0.05, 0) is 31.4 Å². The fourth-order valence-electron chi connectivity index (χ4n) is 3.67. The zero-order chi connectivity index (χ0) is 23.4. The number of nitrogens with zero attached hydrogens (tertiary/aromatic N) is 4. The van der Waals surface area contributed by atoms with Crippen LogP contribution in [-0.2, 0) is 5.41 Å². The van der Waals surface area contributed by atoms with Crippen LogP contribution in [0.3, 0.4) is 0 Å². The third-order valence-corrected chi connectivity index (χ3v) is 6.31. The Morgan fingerprint density at radius 2 is 2.03 bits per heavy atom. The molecule has 3 heterocycles. The van der Waals surface area contributed by atoms with Crippen LogP contribution in [0.25, 0.3) is 5.65 Å². The van der Waals surface area contributed by atoms with Crippen molar-refractivity contribution in [1.29, 1.82) is 0 Å². The Kier molecular flexibility index (Phi) is 5.48. The molecule has 1 aliphatic rings. The Hall–Kier alpha value is -2.60. The molecule has 32 heavy (non-hydrogen) atoms. The van der Waals surface area contributed by atoms with Crippen molar-refractivity contribution >= 4 is 46.4 Å². The van der Waals surface area contributed by atoms with Crippen LogP contribution in [0.4, 0.5) is 38.1 Å². The van der Waals surface area contributed by atoms with Gasteiger partial charge in [-0.2, -0.15) is 18.3 Å². The minimum Gasteiger partial charge on any atom is -0.308 e. The molecule has 0 aliphatic carbocycles. The summed E-state index contributed by atoms with van der Waals surface area (Å²) in [5.41, 5.74) is -3.02. The molecule has 0 saturated carbocycles. The summed E-state index contributed by atoms with van der Waals surface area (Å²) in [5.74, 6) is 0. The molecule has 1 atom stereocenters. The van der Waals surface area contributed by atoms with E-state index in [1.165, 1.54) is 18.2 Å². The summed E-state index contributed by atoms with van der Waals surface area (Å²) >= 11 is 6.97. The lowest BCUT2D eigenvalue weighted by molar-refractivity contribution is -0.181. The molecule has 6 nitrogen and oxygen atoms in total. The van der Waals surface area contributed by atoms with Crippen LogP contribution in [-0.4, -0.2) is 39.6 Å². The topological polar surface area (TPSA) is 62.5 Å². The summed E-state index contributed by atoms with van der Waals surface area (Å²) < 4.78 is 69.9. The van der Waals surface area contributed by atoms with E-state index in [4.69, 9.17) is 11.6 Å². The highest BCUT2D eigenvalue weighted by Gasteiger charge is 2.60. The van der Waals surface area contributed by atoms with Gasteiger partial charge in [0.15, 0.2) is 10.8 Å². The summed E-state index contributed by atoms with van der Waals surface area (Å²) in [6, 6.07) is 4.31. The largest absolute Gasteiger partial charge is 0.401 e. The first-order valence-corrected chi connectivity index (χ1v) is 10.7. The number of hydrogen-bond acceptors (Lipinski definition) is 4. The molecule has 0 radical (unpaired) electrons. The molecular weight excluding hydrogens is 477 g/mol. The number of amides is 2. The second-order valence-electron chi connectivity index (χ2n) is 7.33. The van der Waals surface area contributed by atoms with Crippen molar-refractivity contribution < 1.29 is 26.7 Å². The van der Waals surface area contributed by atoms with Crippen LogP contribution >= 0.6 is 23.4 Å². The van der Waals surface area contributed by atoms with Crippen molar-refractivity contribution in [2.75, 3.05) is 23.0 Å². The molecule has 4 rings (SSSR count). The summed E-state index contributed by atoms with van der Waals surface area (Å²) in [6.45, 7) is 0.205. The van der Waals surface area contributed by atoms with E-state index in [0.717, 1.165) is 40.4 Å². The highest BCUT2D eigenvalue weighted by Crippen LogP contribution is 2.50. The summed E-state index contributed by atoms with van der Waals surface area (Å²) in [4.78, 5) is 18.2. The number of benzene rings is 1. The van der Waals surface area contributed by atoms with Gasteiger partial charge in [0.05, 0.1) is 17.6 Å². The first kappa shape index (κ1) is 22.6. The predicted octanol–water partition coefficient (Wildman–Crippen LogP) is 5.91. The molecular formula is C19H15ClF5N5OS. The van der Waals surface area contributed by atoms with E-state index in [1.807, 2.05) is 0 Å². The first-order valence-electron chi connectivity index (χ1n) is 9.12. The lowest BCUT2D eigenvalue weighted by Gasteiger charge is -2.28. The SMILES string of the molecule is CSc1ccc(NC(=O)N2C[C@@](C)(C(F)(F)F)c3c2cnc2cc(Cl)nn32)cc1C(F)F. The average Bonchev–Trinajstić information content (AvgIpc) is 3.24. The van der Waals surface area contributed by atoms with E-state index in [-0.39, 0.29) is 33.4 Å². The third-order valence-electron chi connectivity index (χ3n) is 5.31. The van der Waals surface area contributed by atoms with Crippen molar-refractivity contribution in [1.82, 2.24) is 14.6 Å². The van der Waals surface area contributed by atoms with Gasteiger partial charge in [0, 0.05) is 28.8 Å². The Bertz CT molecular complexity index is 1220. The molecule has 1 N–H and O–H groups in total. The Morgan fingerprint density at radius 3 is 2.66 bits per heavy atom. The number of nitrogens with one attached hydrogen (secondary N) is 1. The number of alkyl halides is 5. The van der Waals surface area contributed by atoms with Gasteiger partial charge in [-0.3, -0.25) is 4.90 Å². The number of rotatable bonds is 3. The van der Waals surface area contributed by atoms with Gasteiger partial charge in [-0.15, -0.1) is 11.8 Å². The lowest BCUT2D eigenvalue weighted by Crippen LogP contribution is -2.46. The molecule has 0 spiro atoms. The molecule has 0 unspecified atom stereocenters. The maximum atomic E-state index is 14.1. The van der Waals surface area contributed by atoms with Crippen molar-refractivity contribution in [3.8, 4) is 0 Å². The van der Waals surface area contributed by atoms with Crippen molar-refractivity contribution in [2.45, 2.75) is 29.8 Å². The number of carbonyl (C=O) groups is 1. The normalized spacial score (nSPS) is 18.5. The van der Waals surface area contributed by atoms with Crippen molar-refractivity contribution in [3.05, 3.63) is 46.9 Å². The Morgan fingerprint density at radius 1 is 1.31 bits per heavy atom. The number of hydrogen-bond donors (Lipinski definition) is 1. The number of halogens is 6. The Labute approximate surface area is 187 Å². The van der Waals surface area contributed by atoms with Gasteiger partial charge >= 0.3 is 12.2 Å². The third kappa shape index (κ3) is 3.54. The number of anilines is 2. The number of urea groups is 1. The fourth-order valence-corrected chi connectivity index (χ4v) is 4.43. The van der Waals surface area contributed by atoms with E-state index in [2.05, 4.69) is 15.4 Å². The first-order chi connectivity index (χ1) is 15.0.